The van der Waals surface area contributed by atoms with E-state index in [4.69, 9.17) is 10.5 Å². The minimum Gasteiger partial charge on any atom is -0.398 e. The Labute approximate surface area is 115 Å². The molecular formula is C11H15BrN2O3S. The topological polar surface area (TPSA) is 81.4 Å². The number of anilines is 1. The lowest BCUT2D eigenvalue weighted by molar-refractivity contribution is 0.0236. The maximum Gasteiger partial charge on any atom is 0.240 e. The molecule has 0 unspecified atom stereocenters. The molecule has 0 saturated heterocycles. The number of nitrogen functional groups attached to an aromatic ring is 1. The molecule has 1 aromatic carbocycles. The molecule has 1 fully saturated rings. The fourth-order valence-corrected chi connectivity index (χ4v) is 3.37. The molecule has 0 aliphatic heterocycles. The molecule has 5 nitrogen and oxygen atoms in total. The molecule has 1 aromatic rings. The van der Waals surface area contributed by atoms with Gasteiger partial charge in [0.2, 0.25) is 10.0 Å². The largest absolute Gasteiger partial charge is 0.398 e. The van der Waals surface area contributed by atoms with E-state index < -0.39 is 10.0 Å². The van der Waals surface area contributed by atoms with Gasteiger partial charge >= 0.3 is 0 Å². The molecule has 1 aliphatic rings. The number of methoxy groups -OCH3 is 1. The van der Waals surface area contributed by atoms with Gasteiger partial charge in [-0.1, -0.05) is 0 Å². The summed E-state index contributed by atoms with van der Waals surface area (Å²) in [5.41, 5.74) is 6.08. The van der Waals surface area contributed by atoms with E-state index in [-0.39, 0.29) is 17.0 Å². The van der Waals surface area contributed by atoms with Crippen LogP contribution < -0.4 is 10.5 Å². The van der Waals surface area contributed by atoms with Crippen LogP contribution in [0, 0.1) is 0 Å². The van der Waals surface area contributed by atoms with Gasteiger partial charge in [0.1, 0.15) is 0 Å². The lowest BCUT2D eigenvalue weighted by Gasteiger charge is -2.34. The Balaban J connectivity index is 2.09. The standard InChI is InChI=1S/C11H15BrN2O3S/c1-17-8-4-7(5-8)14-18(15,16)9-2-3-10(12)11(13)6-9/h2-3,6-8,14H,4-5,13H2,1H3. The van der Waals surface area contributed by atoms with Crippen molar-refractivity contribution in [3.05, 3.63) is 22.7 Å². The third kappa shape index (κ3) is 2.85. The van der Waals surface area contributed by atoms with Crippen LogP contribution in [-0.4, -0.2) is 27.7 Å². The molecule has 1 aliphatic carbocycles. The number of sulfonamides is 1. The van der Waals surface area contributed by atoms with Crippen molar-refractivity contribution in [2.45, 2.75) is 29.9 Å². The zero-order valence-corrected chi connectivity index (χ0v) is 12.3. The number of nitrogens with two attached hydrogens (primary N) is 1. The first-order chi connectivity index (χ1) is 8.42. The van der Waals surface area contributed by atoms with Gasteiger partial charge in [-0.05, 0) is 47.0 Å². The van der Waals surface area contributed by atoms with Crippen molar-refractivity contribution in [3.63, 3.8) is 0 Å². The van der Waals surface area contributed by atoms with Crippen LogP contribution in [0.2, 0.25) is 0 Å². The quantitative estimate of drug-likeness (QED) is 0.817. The third-order valence-corrected chi connectivity index (χ3v) is 5.27. The number of ether oxygens (including phenoxy) is 1. The van der Waals surface area contributed by atoms with Gasteiger partial charge in [-0.25, -0.2) is 13.1 Å². The van der Waals surface area contributed by atoms with Crippen molar-refractivity contribution >= 4 is 31.6 Å². The number of hydrogen-bond donors (Lipinski definition) is 2. The molecule has 0 amide bonds. The van der Waals surface area contributed by atoms with Crippen LogP contribution in [-0.2, 0) is 14.8 Å². The van der Waals surface area contributed by atoms with Gasteiger partial charge in [0.05, 0.1) is 11.0 Å². The smallest absolute Gasteiger partial charge is 0.240 e. The monoisotopic (exact) mass is 334 g/mol. The average molecular weight is 335 g/mol. The first kappa shape index (κ1) is 13.8. The fourth-order valence-electron chi connectivity index (χ4n) is 1.83. The Morgan fingerprint density at radius 3 is 2.67 bits per heavy atom. The highest BCUT2D eigenvalue weighted by atomic mass is 79.9. The summed E-state index contributed by atoms with van der Waals surface area (Å²) in [7, 11) is -1.87. The van der Waals surface area contributed by atoms with Crippen LogP contribution in [0.25, 0.3) is 0 Å². The second kappa shape index (κ2) is 5.16. The molecular weight excluding hydrogens is 320 g/mol. The van der Waals surface area contributed by atoms with Gasteiger partial charge in [0.15, 0.2) is 0 Å². The van der Waals surface area contributed by atoms with Gasteiger partial charge in [-0.2, -0.15) is 0 Å². The van der Waals surface area contributed by atoms with Crippen molar-refractivity contribution in [3.8, 4) is 0 Å². The molecule has 0 atom stereocenters. The van der Waals surface area contributed by atoms with Gasteiger partial charge in [0.25, 0.3) is 0 Å². The Hall–Kier alpha value is -0.630. The Bertz CT molecular complexity index is 541. The molecule has 0 spiro atoms. The predicted molar refractivity (Wildman–Crippen MR) is 72.7 cm³/mol. The minimum absolute atomic E-state index is 0.0511. The van der Waals surface area contributed by atoms with Crippen LogP contribution in [0.4, 0.5) is 5.69 Å². The summed E-state index contributed by atoms with van der Waals surface area (Å²) in [6.07, 6.45) is 1.58. The number of halogens is 1. The molecule has 18 heavy (non-hydrogen) atoms. The highest BCUT2D eigenvalue weighted by Gasteiger charge is 2.32. The van der Waals surface area contributed by atoms with Crippen molar-refractivity contribution in [2.75, 3.05) is 12.8 Å². The van der Waals surface area contributed by atoms with Crippen molar-refractivity contribution in [2.24, 2.45) is 0 Å². The lowest BCUT2D eigenvalue weighted by atomic mass is 9.90. The molecule has 0 heterocycles. The summed E-state index contributed by atoms with van der Waals surface area (Å²) >= 11 is 3.23. The zero-order chi connectivity index (χ0) is 13.3. The minimum atomic E-state index is -3.50. The van der Waals surface area contributed by atoms with Crippen LogP contribution in [0.15, 0.2) is 27.6 Å². The van der Waals surface area contributed by atoms with E-state index in [0.29, 0.717) is 23.0 Å². The summed E-state index contributed by atoms with van der Waals surface area (Å²) in [6, 6.07) is 4.54. The van der Waals surface area contributed by atoms with E-state index >= 15 is 0 Å². The van der Waals surface area contributed by atoms with E-state index in [1.54, 1.807) is 13.2 Å². The first-order valence-corrected chi connectivity index (χ1v) is 7.80. The second-order valence-electron chi connectivity index (χ2n) is 4.33. The van der Waals surface area contributed by atoms with Crippen LogP contribution in [0.5, 0.6) is 0 Å². The van der Waals surface area contributed by atoms with Gasteiger partial charge in [-0.15, -0.1) is 0 Å². The van der Waals surface area contributed by atoms with Crippen LogP contribution in [0.1, 0.15) is 12.8 Å². The number of benzene rings is 1. The molecule has 3 N–H and O–H groups in total. The molecule has 7 heteroatoms. The normalized spacial score (nSPS) is 23.7. The number of nitrogens with one attached hydrogen (secondary N) is 1. The molecule has 0 bridgehead atoms. The summed E-state index contributed by atoms with van der Waals surface area (Å²) in [5.74, 6) is 0. The number of hydrogen-bond acceptors (Lipinski definition) is 4. The predicted octanol–water partition coefficient (Wildman–Crippen LogP) is 1.49. The SMILES string of the molecule is COC1CC(NS(=O)(=O)c2ccc(Br)c(N)c2)C1. The Morgan fingerprint density at radius 2 is 2.11 bits per heavy atom. The van der Waals surface area contributed by atoms with E-state index in [1.807, 2.05) is 0 Å². The molecule has 0 radical (unpaired) electrons. The summed E-state index contributed by atoms with van der Waals surface area (Å²) < 4.78 is 32.6. The van der Waals surface area contributed by atoms with Crippen molar-refractivity contribution < 1.29 is 13.2 Å². The lowest BCUT2D eigenvalue weighted by Crippen LogP contribution is -2.47. The zero-order valence-electron chi connectivity index (χ0n) is 9.89. The Morgan fingerprint density at radius 1 is 1.44 bits per heavy atom. The summed E-state index contributed by atoms with van der Waals surface area (Å²) in [4.78, 5) is 0.184. The van der Waals surface area contributed by atoms with Gasteiger partial charge in [0, 0.05) is 23.3 Å². The second-order valence-corrected chi connectivity index (χ2v) is 6.90. The fraction of sp³-hybridized carbons (Fsp3) is 0.455. The van der Waals surface area contributed by atoms with Crippen molar-refractivity contribution in [1.29, 1.82) is 0 Å². The first-order valence-electron chi connectivity index (χ1n) is 5.52. The van der Waals surface area contributed by atoms with E-state index in [1.165, 1.54) is 12.1 Å². The van der Waals surface area contributed by atoms with Crippen molar-refractivity contribution in [1.82, 2.24) is 4.72 Å². The maximum atomic E-state index is 12.1. The van der Waals surface area contributed by atoms with Gasteiger partial charge < -0.3 is 10.5 Å². The highest BCUT2D eigenvalue weighted by molar-refractivity contribution is 9.10. The Kier molecular flexibility index (Phi) is 3.96. The molecule has 2 rings (SSSR count). The summed E-state index contributed by atoms with van der Waals surface area (Å²) in [6.45, 7) is 0. The van der Waals surface area contributed by atoms with Crippen LogP contribution in [0.3, 0.4) is 0 Å². The molecule has 0 aromatic heterocycles. The summed E-state index contributed by atoms with van der Waals surface area (Å²) in [5, 5.41) is 0. The highest BCUT2D eigenvalue weighted by Crippen LogP contribution is 2.26. The van der Waals surface area contributed by atoms with Crippen LogP contribution >= 0.6 is 15.9 Å². The molecule has 1 saturated carbocycles. The average Bonchev–Trinajstić information content (AvgIpc) is 2.26. The van der Waals surface area contributed by atoms with Gasteiger partial charge in [-0.3, -0.25) is 0 Å². The number of rotatable bonds is 4. The maximum absolute atomic E-state index is 12.1. The van der Waals surface area contributed by atoms with E-state index in [2.05, 4.69) is 20.7 Å². The van der Waals surface area contributed by atoms with E-state index in [0.717, 1.165) is 0 Å². The van der Waals surface area contributed by atoms with E-state index in [9.17, 15) is 8.42 Å². The molecule has 100 valence electrons. The third-order valence-electron chi connectivity index (χ3n) is 3.03.